The molecule has 0 saturated carbocycles. The minimum Gasteiger partial charge on any atom is -0.418 e. The molecule has 5 rings (SSSR count). The Morgan fingerprint density at radius 2 is 1.49 bits per heavy atom. The Kier molecular flexibility index (Phi) is 5.49. The quantitative estimate of drug-likeness (QED) is 0.292. The van der Waals surface area contributed by atoms with E-state index in [1.807, 2.05) is 48.5 Å². The number of halogens is 3. The summed E-state index contributed by atoms with van der Waals surface area (Å²) < 4.78 is 46.9. The monoisotopic (exact) mass is 475 g/mol. The number of hydrogen-bond acceptors (Lipinski definition) is 4. The van der Waals surface area contributed by atoms with E-state index in [2.05, 4.69) is 10.1 Å². The molecule has 0 unspecified atom stereocenters. The fraction of sp³-hybridized carbons (Fsp3) is 0.0370. The summed E-state index contributed by atoms with van der Waals surface area (Å²) in [5.74, 6) is -1.42. The van der Waals surface area contributed by atoms with Gasteiger partial charge in [-0.05, 0) is 52.2 Å². The summed E-state index contributed by atoms with van der Waals surface area (Å²) in [6.07, 6.45) is -4.96. The fourth-order valence-corrected chi connectivity index (χ4v) is 3.82. The number of alkyl halides is 3. The number of para-hydroxylation sites is 1. The van der Waals surface area contributed by atoms with Crippen molar-refractivity contribution in [3.8, 4) is 16.9 Å². The van der Waals surface area contributed by atoms with Crippen molar-refractivity contribution in [1.29, 1.82) is 0 Å². The largest absolute Gasteiger partial charge is 0.573 e. The second-order valence-electron chi connectivity index (χ2n) is 7.77. The molecule has 1 aromatic heterocycles. The number of benzene rings is 4. The lowest BCUT2D eigenvalue weighted by Crippen LogP contribution is -2.21. The first-order chi connectivity index (χ1) is 16.8. The van der Waals surface area contributed by atoms with E-state index < -0.39 is 29.2 Å². The van der Waals surface area contributed by atoms with E-state index in [1.165, 1.54) is 18.2 Å². The normalized spacial score (nSPS) is 11.5. The van der Waals surface area contributed by atoms with E-state index in [0.29, 0.717) is 5.69 Å². The lowest BCUT2D eigenvalue weighted by Gasteiger charge is -2.11. The van der Waals surface area contributed by atoms with Gasteiger partial charge in [-0.3, -0.25) is 4.79 Å². The van der Waals surface area contributed by atoms with Crippen LogP contribution in [0, 0.1) is 0 Å². The molecule has 0 saturated heterocycles. The molecule has 35 heavy (non-hydrogen) atoms. The van der Waals surface area contributed by atoms with Crippen LogP contribution in [0.25, 0.3) is 32.9 Å². The molecule has 0 aliphatic rings. The maximum atomic E-state index is 12.8. The van der Waals surface area contributed by atoms with Crippen molar-refractivity contribution in [2.24, 2.45) is 0 Å². The molecule has 0 aliphatic heterocycles. The SMILES string of the molecule is O=C(Nc1cccc(-c2ccc3ccccc3c2)c1)c1cc2cccc(OC(F)(F)F)c2oc1=O. The summed E-state index contributed by atoms with van der Waals surface area (Å²) in [5, 5.41) is 4.94. The maximum absolute atomic E-state index is 12.8. The molecule has 5 aromatic rings. The van der Waals surface area contributed by atoms with E-state index in [0.717, 1.165) is 28.0 Å². The second kappa shape index (κ2) is 8.64. The minimum absolute atomic E-state index is 0.112. The first kappa shape index (κ1) is 22.2. The Labute approximate surface area is 196 Å². The molecule has 4 aromatic carbocycles. The fourth-order valence-electron chi connectivity index (χ4n) is 3.82. The number of fused-ring (bicyclic) bond motifs is 2. The van der Waals surface area contributed by atoms with Crippen molar-refractivity contribution in [3.05, 3.63) is 107 Å². The van der Waals surface area contributed by atoms with Crippen LogP contribution in [-0.2, 0) is 0 Å². The molecule has 1 amide bonds. The van der Waals surface area contributed by atoms with Gasteiger partial charge in [-0.15, -0.1) is 13.2 Å². The van der Waals surface area contributed by atoms with Gasteiger partial charge in [-0.1, -0.05) is 60.7 Å². The van der Waals surface area contributed by atoms with Crippen LogP contribution in [0.15, 0.2) is 100 Å². The van der Waals surface area contributed by atoms with Crippen molar-refractivity contribution >= 4 is 33.3 Å². The molecule has 0 radical (unpaired) electrons. The molecular weight excluding hydrogens is 459 g/mol. The highest BCUT2D eigenvalue weighted by atomic mass is 19.4. The number of rotatable bonds is 4. The number of nitrogens with one attached hydrogen (secondary N) is 1. The summed E-state index contributed by atoms with van der Waals surface area (Å²) >= 11 is 0. The average Bonchev–Trinajstić information content (AvgIpc) is 2.83. The van der Waals surface area contributed by atoms with Crippen molar-refractivity contribution in [2.75, 3.05) is 5.32 Å². The van der Waals surface area contributed by atoms with Crippen LogP contribution in [0.1, 0.15) is 10.4 Å². The zero-order valence-electron chi connectivity index (χ0n) is 17.9. The number of anilines is 1. The minimum atomic E-state index is -4.96. The van der Waals surface area contributed by atoms with Crippen molar-refractivity contribution in [3.63, 3.8) is 0 Å². The van der Waals surface area contributed by atoms with Gasteiger partial charge in [-0.2, -0.15) is 0 Å². The predicted molar refractivity (Wildman–Crippen MR) is 127 cm³/mol. The van der Waals surface area contributed by atoms with Crippen LogP contribution in [0.4, 0.5) is 18.9 Å². The predicted octanol–water partition coefficient (Wildman–Crippen LogP) is 6.76. The molecule has 1 heterocycles. The molecule has 174 valence electrons. The van der Waals surface area contributed by atoms with Gasteiger partial charge >= 0.3 is 12.0 Å². The summed E-state index contributed by atoms with van der Waals surface area (Å²) in [7, 11) is 0. The van der Waals surface area contributed by atoms with E-state index in [4.69, 9.17) is 4.42 Å². The molecule has 8 heteroatoms. The Balaban J connectivity index is 1.44. The summed E-state index contributed by atoms with van der Waals surface area (Å²) in [4.78, 5) is 25.3. The van der Waals surface area contributed by atoms with Crippen LogP contribution in [0.3, 0.4) is 0 Å². The zero-order valence-corrected chi connectivity index (χ0v) is 17.9. The summed E-state index contributed by atoms with van der Waals surface area (Å²) in [5.41, 5.74) is 0.408. The van der Waals surface area contributed by atoms with Gasteiger partial charge in [0, 0.05) is 11.1 Å². The molecule has 0 atom stereocenters. The van der Waals surface area contributed by atoms with Gasteiger partial charge in [0.1, 0.15) is 5.56 Å². The lowest BCUT2D eigenvalue weighted by atomic mass is 10.0. The summed E-state index contributed by atoms with van der Waals surface area (Å²) in [6.45, 7) is 0. The number of carbonyl (C=O) groups excluding carboxylic acids is 1. The lowest BCUT2D eigenvalue weighted by molar-refractivity contribution is -0.274. The third kappa shape index (κ3) is 4.72. The zero-order chi connectivity index (χ0) is 24.6. The Morgan fingerprint density at radius 1 is 0.771 bits per heavy atom. The third-order valence-electron chi connectivity index (χ3n) is 5.40. The molecule has 1 N–H and O–H groups in total. The van der Waals surface area contributed by atoms with E-state index in [9.17, 15) is 22.8 Å². The molecule has 0 fully saturated rings. The van der Waals surface area contributed by atoms with Gasteiger partial charge in [0.05, 0.1) is 0 Å². The number of amides is 1. The van der Waals surface area contributed by atoms with Crippen LogP contribution >= 0.6 is 0 Å². The van der Waals surface area contributed by atoms with Crippen molar-refractivity contribution < 1.29 is 27.1 Å². The van der Waals surface area contributed by atoms with E-state index in [-0.39, 0.29) is 10.9 Å². The molecule has 0 bridgehead atoms. The highest BCUT2D eigenvalue weighted by Crippen LogP contribution is 2.30. The van der Waals surface area contributed by atoms with Gasteiger partial charge in [0.2, 0.25) is 0 Å². The highest BCUT2D eigenvalue weighted by Gasteiger charge is 2.32. The standard InChI is InChI=1S/C27H16F3NO4/c28-27(29,30)35-23-10-4-8-20-15-22(26(33)34-24(20)23)25(32)31-21-9-3-7-18(14-21)19-12-11-16-5-1-2-6-17(16)13-19/h1-15H,(H,31,32). The Morgan fingerprint density at radius 3 is 2.29 bits per heavy atom. The molecule has 0 spiro atoms. The van der Waals surface area contributed by atoms with Crippen LogP contribution in [-0.4, -0.2) is 12.3 Å². The average molecular weight is 475 g/mol. The number of carbonyl (C=O) groups is 1. The smallest absolute Gasteiger partial charge is 0.418 e. The topological polar surface area (TPSA) is 68.5 Å². The van der Waals surface area contributed by atoms with Gasteiger partial charge in [0.15, 0.2) is 11.3 Å². The molecule has 0 aliphatic carbocycles. The van der Waals surface area contributed by atoms with Crippen molar-refractivity contribution in [1.82, 2.24) is 0 Å². The Bertz CT molecular complexity index is 1640. The van der Waals surface area contributed by atoms with Crippen molar-refractivity contribution in [2.45, 2.75) is 6.36 Å². The van der Waals surface area contributed by atoms with Crippen LogP contribution in [0.5, 0.6) is 5.75 Å². The van der Waals surface area contributed by atoms with E-state index >= 15 is 0 Å². The number of ether oxygens (including phenoxy) is 1. The van der Waals surface area contributed by atoms with E-state index in [1.54, 1.807) is 18.2 Å². The van der Waals surface area contributed by atoms with Crippen LogP contribution in [0.2, 0.25) is 0 Å². The van der Waals surface area contributed by atoms with Gasteiger partial charge in [-0.25, -0.2) is 4.79 Å². The first-order valence-electron chi connectivity index (χ1n) is 10.5. The van der Waals surface area contributed by atoms with Crippen LogP contribution < -0.4 is 15.7 Å². The molecule has 5 nitrogen and oxygen atoms in total. The van der Waals surface area contributed by atoms with Gasteiger partial charge in [0.25, 0.3) is 5.91 Å². The summed E-state index contributed by atoms with van der Waals surface area (Å²) in [6, 6.07) is 26.0. The first-order valence-corrected chi connectivity index (χ1v) is 10.5. The van der Waals surface area contributed by atoms with Gasteiger partial charge < -0.3 is 14.5 Å². The maximum Gasteiger partial charge on any atom is 0.573 e. The Hall–Kier alpha value is -4.59. The highest BCUT2D eigenvalue weighted by molar-refractivity contribution is 6.06. The second-order valence-corrected chi connectivity index (χ2v) is 7.77. The molecular formula is C27H16F3NO4. The number of hydrogen-bond donors (Lipinski definition) is 1. The third-order valence-corrected chi connectivity index (χ3v) is 5.40.